The number of carbonyl (C=O) groups is 2. The largest absolute Gasteiger partial charge is 0.486 e. The Hall–Kier alpha value is -2.44. The molecule has 0 fully saturated rings. The van der Waals surface area contributed by atoms with E-state index in [0.717, 1.165) is 0 Å². The predicted molar refractivity (Wildman–Crippen MR) is 112 cm³/mol. The molecule has 1 aliphatic heterocycles. The number of nitrogens with one attached hydrogen (secondary N) is 2. The summed E-state index contributed by atoms with van der Waals surface area (Å²) >= 11 is 12.0. The van der Waals surface area contributed by atoms with Crippen molar-refractivity contribution in [3.05, 3.63) is 58.1 Å². The van der Waals surface area contributed by atoms with Gasteiger partial charge in [-0.25, -0.2) is 0 Å². The Morgan fingerprint density at radius 2 is 1.86 bits per heavy atom. The van der Waals surface area contributed by atoms with E-state index >= 15 is 0 Å². The fourth-order valence-corrected chi connectivity index (χ4v) is 3.41. The van der Waals surface area contributed by atoms with E-state index in [4.69, 9.17) is 32.7 Å². The number of amides is 2. The number of fused-ring (bicyclic) bond motifs is 1. The molecule has 0 radical (unpaired) electrons. The Morgan fingerprint density at radius 3 is 2.55 bits per heavy atom. The Labute approximate surface area is 179 Å². The lowest BCUT2D eigenvalue weighted by molar-refractivity contribution is -0.124. The van der Waals surface area contributed by atoms with Crippen molar-refractivity contribution in [2.45, 2.75) is 26.0 Å². The maximum absolute atomic E-state index is 12.7. The molecule has 0 bridgehead atoms. The lowest BCUT2D eigenvalue weighted by atomic mass is 10.0. The highest BCUT2D eigenvalue weighted by atomic mass is 35.5. The molecule has 0 aliphatic carbocycles. The number of benzene rings is 2. The molecule has 2 amide bonds. The van der Waals surface area contributed by atoms with Crippen LogP contribution in [0.2, 0.25) is 10.0 Å². The van der Waals surface area contributed by atoms with Crippen LogP contribution in [0.3, 0.4) is 0 Å². The summed E-state index contributed by atoms with van der Waals surface area (Å²) in [5, 5.41) is 6.24. The first kappa shape index (κ1) is 21.3. The summed E-state index contributed by atoms with van der Waals surface area (Å²) in [4.78, 5) is 25.3. The molecular weight excluding hydrogens is 415 g/mol. The van der Waals surface area contributed by atoms with Gasteiger partial charge in [-0.2, -0.15) is 0 Å². The summed E-state index contributed by atoms with van der Waals surface area (Å²) in [5.41, 5.74) is 0.259. The molecule has 3 rings (SSSR count). The quantitative estimate of drug-likeness (QED) is 0.723. The highest BCUT2D eigenvalue weighted by Gasteiger charge is 2.27. The fraction of sp³-hybridized carbons (Fsp3) is 0.333. The monoisotopic (exact) mass is 436 g/mol. The summed E-state index contributed by atoms with van der Waals surface area (Å²) in [5.74, 6) is 0.452. The first-order valence-corrected chi connectivity index (χ1v) is 10.0. The predicted octanol–water partition coefficient (Wildman–Crippen LogP) is 3.70. The third-order valence-corrected chi connectivity index (χ3v) is 5.03. The molecule has 0 unspecified atom stereocenters. The number of halogens is 2. The van der Waals surface area contributed by atoms with Crippen LogP contribution in [0.4, 0.5) is 0 Å². The average molecular weight is 437 g/mol. The van der Waals surface area contributed by atoms with E-state index in [2.05, 4.69) is 10.6 Å². The van der Waals surface area contributed by atoms with E-state index < -0.39 is 11.9 Å². The van der Waals surface area contributed by atoms with Crippen LogP contribution in [0.1, 0.15) is 24.2 Å². The zero-order valence-electron chi connectivity index (χ0n) is 16.1. The second kappa shape index (κ2) is 9.37. The molecule has 0 aromatic heterocycles. The number of rotatable bonds is 6. The van der Waals surface area contributed by atoms with Gasteiger partial charge in [0.1, 0.15) is 18.8 Å². The average Bonchev–Trinajstić information content (AvgIpc) is 2.69. The molecule has 0 spiro atoms. The Kier molecular flexibility index (Phi) is 6.87. The van der Waals surface area contributed by atoms with Crippen molar-refractivity contribution < 1.29 is 19.1 Å². The topological polar surface area (TPSA) is 76.7 Å². The third-order valence-electron chi connectivity index (χ3n) is 4.48. The molecule has 8 heteroatoms. The highest BCUT2D eigenvalue weighted by Crippen LogP contribution is 2.30. The minimum atomic E-state index is -0.731. The first-order valence-electron chi connectivity index (χ1n) is 9.27. The van der Waals surface area contributed by atoms with Crippen molar-refractivity contribution in [3.63, 3.8) is 0 Å². The molecule has 1 aliphatic rings. The first-order chi connectivity index (χ1) is 13.8. The highest BCUT2D eigenvalue weighted by molar-refractivity contribution is 6.36. The minimum Gasteiger partial charge on any atom is -0.486 e. The van der Waals surface area contributed by atoms with Gasteiger partial charge in [0.15, 0.2) is 11.5 Å². The van der Waals surface area contributed by atoms with Gasteiger partial charge in [0.05, 0.1) is 17.1 Å². The molecular formula is C21H22Cl2N2O4. The zero-order valence-corrected chi connectivity index (χ0v) is 17.6. The Balaban J connectivity index is 1.59. The summed E-state index contributed by atoms with van der Waals surface area (Å²) in [6, 6.07) is 11.2. The number of carbonyl (C=O) groups excluding carboxylic acids is 2. The molecule has 2 aromatic rings. The Morgan fingerprint density at radius 1 is 1.14 bits per heavy atom. The van der Waals surface area contributed by atoms with Gasteiger partial charge in [-0.05, 0) is 36.2 Å². The number of para-hydroxylation sites is 2. The van der Waals surface area contributed by atoms with Crippen molar-refractivity contribution in [3.8, 4) is 11.5 Å². The van der Waals surface area contributed by atoms with Gasteiger partial charge in [0.2, 0.25) is 5.91 Å². The van der Waals surface area contributed by atoms with Crippen LogP contribution in [-0.4, -0.2) is 37.1 Å². The normalized spacial score (nSPS) is 16.2. The molecule has 0 saturated heterocycles. The lowest BCUT2D eigenvalue weighted by Gasteiger charge is -2.28. The van der Waals surface area contributed by atoms with Gasteiger partial charge in [0, 0.05) is 5.02 Å². The van der Waals surface area contributed by atoms with Gasteiger partial charge in [-0.15, -0.1) is 0 Å². The lowest BCUT2D eigenvalue weighted by Crippen LogP contribution is -2.52. The third kappa shape index (κ3) is 5.34. The van der Waals surface area contributed by atoms with Gasteiger partial charge in [0.25, 0.3) is 5.91 Å². The Bertz CT molecular complexity index is 904. The van der Waals surface area contributed by atoms with Crippen molar-refractivity contribution in [2.24, 2.45) is 5.92 Å². The molecule has 154 valence electrons. The molecule has 0 saturated carbocycles. The molecule has 2 atom stereocenters. The minimum absolute atomic E-state index is 0.130. The van der Waals surface area contributed by atoms with Gasteiger partial charge in [-0.1, -0.05) is 49.2 Å². The van der Waals surface area contributed by atoms with Gasteiger partial charge < -0.3 is 20.1 Å². The van der Waals surface area contributed by atoms with Crippen LogP contribution in [0.15, 0.2) is 42.5 Å². The number of ether oxygens (including phenoxy) is 2. The second-order valence-electron chi connectivity index (χ2n) is 7.06. The van der Waals surface area contributed by atoms with E-state index in [0.29, 0.717) is 23.1 Å². The van der Waals surface area contributed by atoms with Gasteiger partial charge >= 0.3 is 0 Å². The van der Waals surface area contributed by atoms with Crippen LogP contribution < -0.4 is 20.1 Å². The molecule has 2 N–H and O–H groups in total. The van der Waals surface area contributed by atoms with E-state index in [1.807, 2.05) is 38.1 Å². The summed E-state index contributed by atoms with van der Waals surface area (Å²) in [6.07, 6.45) is -0.317. The standard InChI is InChI=1S/C21H22Cl2N2O4/c1-12(2)19(25-20(26)15-8-7-13(22)9-16(15)23)21(27)24-10-14-11-28-17-5-3-4-6-18(17)29-14/h3-9,12,14,19H,10-11H2,1-2H3,(H,24,27)(H,25,26)/t14-,19-/m1/s1. The van der Waals surface area contributed by atoms with Crippen LogP contribution in [0.25, 0.3) is 0 Å². The maximum atomic E-state index is 12.7. The van der Waals surface area contributed by atoms with Crippen LogP contribution >= 0.6 is 23.2 Å². The SMILES string of the molecule is CC(C)[C@@H](NC(=O)c1ccc(Cl)cc1Cl)C(=O)NC[C@@H]1COc2ccccc2O1. The summed E-state index contributed by atoms with van der Waals surface area (Å²) < 4.78 is 11.5. The van der Waals surface area contributed by atoms with E-state index in [9.17, 15) is 9.59 Å². The summed E-state index contributed by atoms with van der Waals surface area (Å²) in [7, 11) is 0. The summed E-state index contributed by atoms with van der Waals surface area (Å²) in [6.45, 7) is 4.29. The zero-order chi connectivity index (χ0) is 21.0. The second-order valence-corrected chi connectivity index (χ2v) is 7.91. The molecule has 2 aromatic carbocycles. The van der Waals surface area contributed by atoms with Crippen molar-refractivity contribution in [1.29, 1.82) is 0 Å². The molecule has 29 heavy (non-hydrogen) atoms. The van der Waals surface area contributed by atoms with Crippen LogP contribution in [-0.2, 0) is 4.79 Å². The van der Waals surface area contributed by atoms with E-state index in [1.54, 1.807) is 6.07 Å². The van der Waals surface area contributed by atoms with Gasteiger partial charge in [-0.3, -0.25) is 9.59 Å². The van der Waals surface area contributed by atoms with Crippen molar-refractivity contribution >= 4 is 35.0 Å². The fourth-order valence-electron chi connectivity index (χ4n) is 2.92. The molecule has 1 heterocycles. The van der Waals surface area contributed by atoms with Crippen molar-refractivity contribution in [1.82, 2.24) is 10.6 Å². The van der Waals surface area contributed by atoms with E-state index in [1.165, 1.54) is 12.1 Å². The smallest absolute Gasteiger partial charge is 0.253 e. The van der Waals surface area contributed by atoms with Crippen LogP contribution in [0.5, 0.6) is 11.5 Å². The number of hydrogen-bond acceptors (Lipinski definition) is 4. The molecule has 6 nitrogen and oxygen atoms in total. The van der Waals surface area contributed by atoms with Crippen LogP contribution in [0, 0.1) is 5.92 Å². The van der Waals surface area contributed by atoms with Crippen molar-refractivity contribution in [2.75, 3.05) is 13.2 Å². The van der Waals surface area contributed by atoms with E-state index in [-0.39, 0.29) is 35.1 Å². The maximum Gasteiger partial charge on any atom is 0.253 e. The number of hydrogen-bond donors (Lipinski definition) is 2.